The molecule has 9 heteroatoms. The fourth-order valence-corrected chi connectivity index (χ4v) is 3.29. The van der Waals surface area contributed by atoms with Crippen LogP contribution in [0.15, 0.2) is 36.9 Å². The molecule has 1 unspecified atom stereocenters. The van der Waals surface area contributed by atoms with E-state index in [-0.39, 0.29) is 50.0 Å². The van der Waals surface area contributed by atoms with Crippen molar-refractivity contribution in [2.75, 3.05) is 26.2 Å². The van der Waals surface area contributed by atoms with Crippen LogP contribution < -0.4 is 0 Å². The van der Waals surface area contributed by atoms with Crippen molar-refractivity contribution in [3.63, 3.8) is 0 Å². The zero-order valence-corrected chi connectivity index (χ0v) is 16.7. The number of carbonyl (C=O) groups excluding carboxylic acids is 2. The van der Waals surface area contributed by atoms with E-state index in [4.69, 9.17) is 4.74 Å². The smallest absolute Gasteiger partial charge is 0.244 e. The molecule has 29 heavy (non-hydrogen) atoms. The molecule has 1 aromatic heterocycles. The monoisotopic (exact) mass is 403 g/mol. The standard InChI is InChI=1S/C20H26FN5O3/c1-15(2)7-24-8-18(29-12-16-4-3-5-17(21)6-16)9-25(10-19(24)27)20(28)11-26-14-22-13-23-26/h3-6,13-15,18H,7-12H2,1-2H3. The maximum atomic E-state index is 13.4. The SMILES string of the molecule is CC(C)CN1CC(OCc2cccc(F)c2)CN(C(=O)Cn2cncn2)CC1=O. The molecule has 0 saturated carbocycles. The lowest BCUT2D eigenvalue weighted by atomic mass is 10.2. The van der Waals surface area contributed by atoms with Gasteiger partial charge in [-0.3, -0.25) is 9.59 Å². The van der Waals surface area contributed by atoms with Crippen LogP contribution in [0.25, 0.3) is 0 Å². The highest BCUT2D eigenvalue weighted by atomic mass is 19.1. The normalized spacial score (nSPS) is 17.7. The number of hydrogen-bond acceptors (Lipinski definition) is 5. The van der Waals surface area contributed by atoms with E-state index in [0.29, 0.717) is 24.6 Å². The summed E-state index contributed by atoms with van der Waals surface area (Å²) >= 11 is 0. The van der Waals surface area contributed by atoms with Crippen LogP contribution in [0.1, 0.15) is 19.4 Å². The topological polar surface area (TPSA) is 80.6 Å². The summed E-state index contributed by atoms with van der Waals surface area (Å²) in [6.07, 6.45) is 2.44. The molecular formula is C20H26FN5O3. The van der Waals surface area contributed by atoms with Crippen LogP contribution in [0.2, 0.25) is 0 Å². The van der Waals surface area contributed by atoms with Crippen LogP contribution in [0.4, 0.5) is 4.39 Å². The molecule has 1 saturated heterocycles. The van der Waals surface area contributed by atoms with Gasteiger partial charge >= 0.3 is 0 Å². The van der Waals surface area contributed by atoms with Crippen molar-refractivity contribution in [2.24, 2.45) is 5.92 Å². The number of halogens is 1. The number of carbonyl (C=O) groups is 2. The number of amides is 2. The number of hydrogen-bond donors (Lipinski definition) is 0. The lowest BCUT2D eigenvalue weighted by Gasteiger charge is -2.26. The summed E-state index contributed by atoms with van der Waals surface area (Å²) in [5.41, 5.74) is 0.705. The predicted octanol–water partition coefficient (Wildman–Crippen LogP) is 1.33. The van der Waals surface area contributed by atoms with Gasteiger partial charge in [-0.1, -0.05) is 26.0 Å². The predicted molar refractivity (Wildman–Crippen MR) is 103 cm³/mol. The largest absolute Gasteiger partial charge is 0.370 e. The van der Waals surface area contributed by atoms with Crippen LogP contribution in [0.3, 0.4) is 0 Å². The lowest BCUT2D eigenvalue weighted by molar-refractivity contribution is -0.139. The molecule has 0 radical (unpaired) electrons. The van der Waals surface area contributed by atoms with Crippen LogP contribution >= 0.6 is 0 Å². The van der Waals surface area contributed by atoms with Gasteiger partial charge in [0.2, 0.25) is 11.8 Å². The third-order valence-electron chi connectivity index (χ3n) is 4.60. The first-order chi connectivity index (χ1) is 13.9. The Morgan fingerprint density at radius 3 is 2.86 bits per heavy atom. The summed E-state index contributed by atoms with van der Waals surface area (Å²) in [5.74, 6) is -0.370. The summed E-state index contributed by atoms with van der Waals surface area (Å²) in [5, 5.41) is 3.95. The van der Waals surface area contributed by atoms with E-state index >= 15 is 0 Å². The molecule has 1 aliphatic heterocycles. The van der Waals surface area contributed by atoms with E-state index in [1.807, 2.05) is 13.8 Å². The fourth-order valence-electron chi connectivity index (χ4n) is 3.29. The van der Waals surface area contributed by atoms with Gasteiger partial charge in [0.15, 0.2) is 0 Å². The zero-order valence-electron chi connectivity index (χ0n) is 16.7. The summed E-state index contributed by atoms with van der Waals surface area (Å²) in [6.45, 7) is 5.54. The van der Waals surface area contributed by atoms with Crippen LogP contribution in [-0.4, -0.2) is 68.7 Å². The van der Waals surface area contributed by atoms with Gasteiger partial charge in [0, 0.05) is 19.6 Å². The Hall–Kier alpha value is -2.81. The van der Waals surface area contributed by atoms with E-state index in [1.165, 1.54) is 34.4 Å². The van der Waals surface area contributed by atoms with Gasteiger partial charge in [-0.2, -0.15) is 5.10 Å². The minimum absolute atomic E-state index is 0.0000750. The highest BCUT2D eigenvalue weighted by Gasteiger charge is 2.31. The third kappa shape index (κ3) is 6.08. The molecule has 156 valence electrons. The number of nitrogens with zero attached hydrogens (tertiary/aromatic N) is 5. The van der Waals surface area contributed by atoms with Crippen LogP contribution in [0, 0.1) is 11.7 Å². The van der Waals surface area contributed by atoms with E-state index in [0.717, 1.165) is 0 Å². The highest BCUT2D eigenvalue weighted by molar-refractivity contribution is 5.85. The van der Waals surface area contributed by atoms with Gasteiger partial charge in [-0.15, -0.1) is 0 Å². The Morgan fingerprint density at radius 1 is 1.34 bits per heavy atom. The first-order valence-corrected chi connectivity index (χ1v) is 9.64. The van der Waals surface area contributed by atoms with Crippen molar-refractivity contribution in [1.82, 2.24) is 24.6 Å². The van der Waals surface area contributed by atoms with Crippen molar-refractivity contribution >= 4 is 11.8 Å². The second-order valence-corrected chi connectivity index (χ2v) is 7.62. The summed E-state index contributed by atoms with van der Waals surface area (Å²) < 4.78 is 20.8. The molecule has 0 bridgehead atoms. The van der Waals surface area contributed by atoms with Crippen LogP contribution in [0.5, 0.6) is 0 Å². The maximum Gasteiger partial charge on any atom is 0.244 e. The minimum Gasteiger partial charge on any atom is -0.370 e. The van der Waals surface area contributed by atoms with Gasteiger partial charge in [0.05, 0.1) is 19.3 Å². The van der Waals surface area contributed by atoms with Crippen molar-refractivity contribution < 1.29 is 18.7 Å². The Labute approximate surface area is 169 Å². The molecule has 8 nitrogen and oxygen atoms in total. The van der Waals surface area contributed by atoms with Crippen molar-refractivity contribution in [3.8, 4) is 0 Å². The Kier molecular flexibility index (Phi) is 6.92. The minimum atomic E-state index is -0.372. The van der Waals surface area contributed by atoms with Gasteiger partial charge in [-0.05, 0) is 23.6 Å². The molecule has 0 spiro atoms. The molecule has 0 N–H and O–H groups in total. The summed E-state index contributed by atoms with van der Waals surface area (Å²) in [6, 6.07) is 6.21. The Morgan fingerprint density at radius 2 is 2.17 bits per heavy atom. The van der Waals surface area contributed by atoms with Crippen molar-refractivity contribution in [3.05, 3.63) is 48.3 Å². The van der Waals surface area contributed by atoms with Gasteiger partial charge in [0.25, 0.3) is 0 Å². The first-order valence-electron chi connectivity index (χ1n) is 9.64. The number of aromatic nitrogens is 3. The zero-order chi connectivity index (χ0) is 20.8. The molecule has 2 heterocycles. The Balaban J connectivity index is 1.70. The quantitative estimate of drug-likeness (QED) is 0.697. The second-order valence-electron chi connectivity index (χ2n) is 7.62. The van der Waals surface area contributed by atoms with E-state index in [1.54, 1.807) is 17.0 Å². The molecule has 2 aromatic rings. The van der Waals surface area contributed by atoms with E-state index < -0.39 is 0 Å². The number of ether oxygens (including phenoxy) is 1. The number of benzene rings is 1. The van der Waals surface area contributed by atoms with Crippen molar-refractivity contribution in [1.29, 1.82) is 0 Å². The first kappa shape index (κ1) is 20.9. The van der Waals surface area contributed by atoms with E-state index in [2.05, 4.69) is 10.1 Å². The second kappa shape index (κ2) is 9.60. The van der Waals surface area contributed by atoms with Gasteiger partial charge in [-0.25, -0.2) is 14.1 Å². The lowest BCUT2D eigenvalue weighted by Crippen LogP contribution is -2.41. The molecule has 3 rings (SSSR count). The van der Waals surface area contributed by atoms with Crippen molar-refractivity contribution in [2.45, 2.75) is 33.1 Å². The highest BCUT2D eigenvalue weighted by Crippen LogP contribution is 2.14. The summed E-state index contributed by atoms with van der Waals surface area (Å²) in [4.78, 5) is 32.5. The molecule has 0 aliphatic carbocycles. The molecule has 1 atom stereocenters. The average molecular weight is 403 g/mol. The third-order valence-corrected chi connectivity index (χ3v) is 4.60. The molecule has 1 fully saturated rings. The maximum absolute atomic E-state index is 13.4. The molecule has 2 amide bonds. The fraction of sp³-hybridized carbons (Fsp3) is 0.500. The van der Waals surface area contributed by atoms with Gasteiger partial charge < -0.3 is 14.5 Å². The Bertz CT molecular complexity index is 827. The molecular weight excluding hydrogens is 377 g/mol. The molecule has 1 aliphatic rings. The summed E-state index contributed by atoms with van der Waals surface area (Å²) in [7, 11) is 0. The number of rotatable bonds is 7. The van der Waals surface area contributed by atoms with Crippen LogP contribution in [-0.2, 0) is 27.5 Å². The average Bonchev–Trinajstić information content (AvgIpc) is 3.11. The molecule has 1 aromatic carbocycles. The van der Waals surface area contributed by atoms with Gasteiger partial charge in [0.1, 0.15) is 25.0 Å². The van der Waals surface area contributed by atoms with E-state index in [9.17, 15) is 14.0 Å².